The van der Waals surface area contributed by atoms with Crippen molar-refractivity contribution >= 4 is 23.0 Å². The number of fused-ring (bicyclic) bond motifs is 1. The highest BCUT2D eigenvalue weighted by Crippen LogP contribution is 2.38. The lowest BCUT2D eigenvalue weighted by atomic mass is 9.85. The molecular formula is C27H27N7O3. The minimum Gasteiger partial charge on any atom is -0.480 e. The number of pyridine rings is 1. The number of nitrogens with one attached hydrogen (secondary N) is 1. The van der Waals surface area contributed by atoms with Crippen molar-refractivity contribution in [1.82, 2.24) is 29.3 Å². The molecule has 2 aromatic carbocycles. The van der Waals surface area contributed by atoms with Crippen molar-refractivity contribution in [1.29, 1.82) is 0 Å². The van der Waals surface area contributed by atoms with Crippen molar-refractivity contribution in [2.75, 3.05) is 12.4 Å². The van der Waals surface area contributed by atoms with E-state index in [0.29, 0.717) is 41.2 Å². The van der Waals surface area contributed by atoms with Crippen LogP contribution in [0.1, 0.15) is 41.2 Å². The van der Waals surface area contributed by atoms with Crippen LogP contribution in [-0.4, -0.2) is 47.4 Å². The molecule has 188 valence electrons. The second-order valence-electron chi connectivity index (χ2n) is 8.39. The van der Waals surface area contributed by atoms with Crippen molar-refractivity contribution in [3.63, 3.8) is 0 Å². The van der Waals surface area contributed by atoms with E-state index in [4.69, 9.17) is 9.72 Å². The van der Waals surface area contributed by atoms with Crippen molar-refractivity contribution in [2.24, 2.45) is 0 Å². The molecule has 5 rings (SSSR count). The number of aromatic nitrogens is 6. The van der Waals surface area contributed by atoms with Gasteiger partial charge in [-0.2, -0.15) is 4.98 Å². The Hall–Kier alpha value is -4.57. The Bertz CT molecular complexity index is 1510. The zero-order chi connectivity index (χ0) is 26.0. The summed E-state index contributed by atoms with van der Waals surface area (Å²) in [7, 11) is 1.44. The van der Waals surface area contributed by atoms with E-state index in [1.807, 2.05) is 79.1 Å². The zero-order valence-electron chi connectivity index (χ0n) is 20.8. The van der Waals surface area contributed by atoms with E-state index in [-0.39, 0.29) is 17.4 Å². The van der Waals surface area contributed by atoms with Crippen molar-refractivity contribution < 1.29 is 14.6 Å². The molecule has 0 spiro atoms. The number of rotatable bonds is 8. The molecule has 3 aromatic heterocycles. The lowest BCUT2D eigenvalue weighted by Crippen LogP contribution is -2.32. The molecule has 0 saturated heterocycles. The highest BCUT2D eigenvalue weighted by atomic mass is 16.5. The van der Waals surface area contributed by atoms with Crippen LogP contribution in [0.25, 0.3) is 11.2 Å². The summed E-state index contributed by atoms with van der Waals surface area (Å²) in [6, 6.07) is 20.4. The maximum atomic E-state index is 13.2. The molecule has 3 heterocycles. The van der Waals surface area contributed by atoms with Gasteiger partial charge in [0, 0.05) is 13.1 Å². The molecule has 1 amide bonds. The quantitative estimate of drug-likeness (QED) is 0.336. The van der Waals surface area contributed by atoms with Gasteiger partial charge < -0.3 is 14.4 Å². The van der Waals surface area contributed by atoms with Gasteiger partial charge in [-0.25, -0.2) is 9.97 Å². The van der Waals surface area contributed by atoms with Crippen LogP contribution in [0, 0.1) is 0 Å². The Morgan fingerprint density at radius 3 is 2.19 bits per heavy atom. The van der Waals surface area contributed by atoms with Gasteiger partial charge in [0.15, 0.2) is 17.1 Å². The number of hydrogen-bond donors (Lipinski definition) is 2. The van der Waals surface area contributed by atoms with E-state index in [1.54, 1.807) is 17.1 Å². The van der Waals surface area contributed by atoms with Gasteiger partial charge >= 0.3 is 0 Å². The third-order valence-corrected chi connectivity index (χ3v) is 6.25. The average Bonchev–Trinajstić information content (AvgIpc) is 3.56. The summed E-state index contributed by atoms with van der Waals surface area (Å²) in [6.07, 6.45) is 1.54. The Morgan fingerprint density at radius 2 is 1.65 bits per heavy atom. The zero-order valence-corrected chi connectivity index (χ0v) is 20.8. The van der Waals surface area contributed by atoms with E-state index in [2.05, 4.69) is 20.4 Å². The first-order valence-corrected chi connectivity index (χ1v) is 12.0. The lowest BCUT2D eigenvalue weighted by Gasteiger charge is -2.29. The summed E-state index contributed by atoms with van der Waals surface area (Å²) in [4.78, 5) is 26.6. The summed E-state index contributed by atoms with van der Waals surface area (Å²) >= 11 is 0. The Kier molecular flexibility index (Phi) is 6.41. The number of aliphatic hydroxyl groups is 1. The second kappa shape index (κ2) is 9.82. The van der Waals surface area contributed by atoms with E-state index in [1.165, 1.54) is 7.11 Å². The Labute approximate surface area is 213 Å². The van der Waals surface area contributed by atoms with Gasteiger partial charge in [-0.3, -0.25) is 14.8 Å². The number of benzene rings is 2. The van der Waals surface area contributed by atoms with Gasteiger partial charge in [0.2, 0.25) is 11.8 Å². The van der Waals surface area contributed by atoms with Crippen LogP contribution in [0.15, 0.2) is 73.1 Å². The van der Waals surface area contributed by atoms with Gasteiger partial charge in [0.1, 0.15) is 11.9 Å². The predicted octanol–water partition coefficient (Wildman–Crippen LogP) is 3.61. The molecule has 0 aliphatic carbocycles. The number of ether oxygens (including phenoxy) is 1. The first-order chi connectivity index (χ1) is 18.0. The Morgan fingerprint density at radius 1 is 1.00 bits per heavy atom. The molecule has 5 aromatic rings. The number of carbonyl (C=O) groups is 1. The highest BCUT2D eigenvalue weighted by molar-refractivity contribution is 6.06. The van der Waals surface area contributed by atoms with Crippen LogP contribution in [0.2, 0.25) is 0 Å². The van der Waals surface area contributed by atoms with Crippen LogP contribution in [0.5, 0.6) is 5.88 Å². The van der Waals surface area contributed by atoms with Gasteiger partial charge in [0.25, 0.3) is 5.91 Å². The Balaban J connectivity index is 1.68. The molecule has 0 radical (unpaired) electrons. The summed E-state index contributed by atoms with van der Waals surface area (Å²) < 4.78 is 8.92. The average molecular weight is 498 g/mol. The summed E-state index contributed by atoms with van der Waals surface area (Å²) in [6.45, 7) is 4.98. The fraction of sp³-hybridized carbons (Fsp3) is 0.222. The summed E-state index contributed by atoms with van der Waals surface area (Å²) in [5.74, 6) is 0.209. The van der Waals surface area contributed by atoms with Gasteiger partial charge in [-0.1, -0.05) is 60.7 Å². The third kappa shape index (κ3) is 4.21. The number of anilines is 1. The van der Waals surface area contributed by atoms with Crippen LogP contribution in [-0.2, 0) is 18.7 Å². The number of methoxy groups -OCH3 is 1. The number of hydrogen-bond acceptors (Lipinski definition) is 7. The van der Waals surface area contributed by atoms with Crippen LogP contribution < -0.4 is 10.1 Å². The lowest BCUT2D eigenvalue weighted by molar-refractivity contribution is 0.102. The predicted molar refractivity (Wildman–Crippen MR) is 138 cm³/mol. The molecule has 2 N–H and O–H groups in total. The number of imidazole rings is 1. The van der Waals surface area contributed by atoms with Gasteiger partial charge in [-0.05, 0) is 31.0 Å². The van der Waals surface area contributed by atoms with Crippen LogP contribution >= 0.6 is 0 Å². The fourth-order valence-corrected chi connectivity index (χ4v) is 4.40. The molecule has 0 atom stereocenters. The topological polar surface area (TPSA) is 120 Å². The molecule has 0 unspecified atom stereocenters. The molecule has 10 nitrogen and oxygen atoms in total. The second-order valence-corrected chi connectivity index (χ2v) is 8.39. The van der Waals surface area contributed by atoms with E-state index >= 15 is 0 Å². The molecule has 0 aliphatic heterocycles. The van der Waals surface area contributed by atoms with Gasteiger partial charge in [-0.15, -0.1) is 5.10 Å². The number of aryl methyl sites for hydroxylation is 2. The largest absolute Gasteiger partial charge is 0.480 e. The third-order valence-electron chi connectivity index (χ3n) is 6.25. The SMILES string of the molecule is CCn1cnc(NC(=O)c2cc3c(nc2OC)nc(C(O)(c2ccccc2)c2ccccc2)n3CC)n1. The van der Waals surface area contributed by atoms with Crippen LogP contribution in [0.3, 0.4) is 0 Å². The fourth-order valence-electron chi connectivity index (χ4n) is 4.40. The monoisotopic (exact) mass is 497 g/mol. The molecule has 37 heavy (non-hydrogen) atoms. The minimum atomic E-state index is -1.56. The van der Waals surface area contributed by atoms with Crippen LogP contribution in [0.4, 0.5) is 5.95 Å². The van der Waals surface area contributed by atoms with Crippen molar-refractivity contribution in [3.05, 3.63) is 95.6 Å². The molecule has 0 bridgehead atoms. The maximum Gasteiger partial charge on any atom is 0.263 e. The molecular weight excluding hydrogens is 470 g/mol. The standard InChI is InChI=1S/C27H27N7O3/c1-4-33-17-28-26(32-33)31-23(35)20-16-21-22(29-24(20)37-3)30-25(34(21)5-2)27(36,18-12-8-6-9-13-18)19-14-10-7-11-15-19/h6-17,36H,4-5H2,1-3H3,(H,31,32,35). The first kappa shape index (κ1) is 24.1. The minimum absolute atomic E-state index is 0.107. The van der Waals surface area contributed by atoms with Crippen molar-refractivity contribution in [3.8, 4) is 5.88 Å². The van der Waals surface area contributed by atoms with E-state index in [9.17, 15) is 9.90 Å². The first-order valence-electron chi connectivity index (χ1n) is 12.0. The molecule has 0 saturated carbocycles. The maximum absolute atomic E-state index is 13.2. The van der Waals surface area contributed by atoms with E-state index in [0.717, 1.165) is 0 Å². The highest BCUT2D eigenvalue weighted by Gasteiger charge is 2.39. The van der Waals surface area contributed by atoms with Gasteiger partial charge in [0.05, 0.1) is 12.6 Å². The summed E-state index contributed by atoms with van der Waals surface area (Å²) in [5.41, 5.74) is 0.894. The number of carbonyl (C=O) groups excluding carboxylic acids is 1. The van der Waals surface area contributed by atoms with Crippen molar-refractivity contribution in [2.45, 2.75) is 32.5 Å². The van der Waals surface area contributed by atoms with E-state index < -0.39 is 11.5 Å². The number of nitrogens with zero attached hydrogens (tertiary/aromatic N) is 6. The molecule has 0 aliphatic rings. The molecule has 10 heteroatoms. The number of amides is 1. The summed E-state index contributed by atoms with van der Waals surface area (Å²) in [5, 5.41) is 19.2. The normalized spacial score (nSPS) is 11.6. The molecule has 0 fully saturated rings. The smallest absolute Gasteiger partial charge is 0.263 e.